The Bertz CT molecular complexity index is 1350. The van der Waals surface area contributed by atoms with E-state index >= 15 is 0 Å². The van der Waals surface area contributed by atoms with E-state index in [2.05, 4.69) is 10.3 Å². The molecule has 0 saturated carbocycles. The van der Waals surface area contributed by atoms with E-state index in [0.29, 0.717) is 5.56 Å². The summed E-state index contributed by atoms with van der Waals surface area (Å²) in [7, 11) is -1.01. The Kier molecular flexibility index (Phi) is 6.47. The third-order valence-corrected chi connectivity index (χ3v) is 7.94. The molecule has 0 atom stereocenters. The van der Waals surface area contributed by atoms with Crippen LogP contribution in [0.2, 0.25) is 5.02 Å². The number of hydrogen-bond acceptors (Lipinski definition) is 5. The zero-order chi connectivity index (χ0) is 23.8. The van der Waals surface area contributed by atoms with Crippen molar-refractivity contribution in [3.8, 4) is 0 Å². The van der Waals surface area contributed by atoms with Gasteiger partial charge in [-0.25, -0.2) is 17.5 Å². The van der Waals surface area contributed by atoms with E-state index in [9.17, 15) is 18.0 Å². The number of anilines is 1. The van der Waals surface area contributed by atoms with Gasteiger partial charge in [-0.2, -0.15) is 0 Å². The average Bonchev–Trinajstić information content (AvgIpc) is 3.16. The molecule has 2 aromatic carbocycles. The minimum absolute atomic E-state index is 0.0375. The molecule has 2 N–H and O–H groups in total. The number of hydrogen-bond donors (Lipinski definition) is 2. The minimum Gasteiger partial charge on any atom is -0.452 e. The Hall–Kier alpha value is -2.88. The monoisotopic (exact) mass is 489 g/mol. The smallest absolute Gasteiger partial charge is 0.338 e. The molecule has 1 aromatic heterocycles. The summed E-state index contributed by atoms with van der Waals surface area (Å²) < 4.78 is 31.0. The molecule has 0 bridgehead atoms. The van der Waals surface area contributed by atoms with Crippen molar-refractivity contribution in [2.75, 3.05) is 26.0 Å². The Morgan fingerprint density at radius 1 is 1.12 bits per heavy atom. The van der Waals surface area contributed by atoms with Crippen LogP contribution in [0, 0.1) is 0 Å². The molecule has 33 heavy (non-hydrogen) atoms. The number of ether oxygens (including phenoxy) is 1. The molecule has 0 radical (unpaired) electrons. The molecule has 1 amide bonds. The number of halogens is 1. The average molecular weight is 490 g/mol. The van der Waals surface area contributed by atoms with Crippen LogP contribution in [0.25, 0.3) is 10.9 Å². The highest BCUT2D eigenvalue weighted by Crippen LogP contribution is 2.30. The number of carbonyl (C=O) groups excluding carboxylic acids is 2. The molecule has 0 unspecified atom stereocenters. The van der Waals surface area contributed by atoms with Crippen molar-refractivity contribution < 1.29 is 22.7 Å². The highest BCUT2D eigenvalue weighted by Gasteiger charge is 2.22. The van der Waals surface area contributed by atoms with Crippen LogP contribution >= 0.6 is 11.6 Å². The van der Waals surface area contributed by atoms with Gasteiger partial charge in [-0.1, -0.05) is 11.6 Å². The van der Waals surface area contributed by atoms with Gasteiger partial charge in [0.05, 0.1) is 10.6 Å². The first-order valence-electron chi connectivity index (χ1n) is 10.5. The fraction of sp³-hybridized carbons (Fsp3) is 0.304. The number of esters is 1. The third kappa shape index (κ3) is 4.75. The predicted molar refractivity (Wildman–Crippen MR) is 126 cm³/mol. The maximum absolute atomic E-state index is 12.5. The Morgan fingerprint density at radius 2 is 1.88 bits per heavy atom. The van der Waals surface area contributed by atoms with Crippen molar-refractivity contribution in [3.05, 3.63) is 58.2 Å². The summed E-state index contributed by atoms with van der Waals surface area (Å²) >= 11 is 6.02. The molecule has 0 spiro atoms. The van der Waals surface area contributed by atoms with Gasteiger partial charge in [-0.05, 0) is 67.6 Å². The lowest BCUT2D eigenvalue weighted by Gasteiger charge is -2.14. The first-order valence-corrected chi connectivity index (χ1v) is 12.3. The van der Waals surface area contributed by atoms with E-state index in [1.165, 1.54) is 43.6 Å². The molecule has 8 nitrogen and oxygen atoms in total. The molecule has 10 heteroatoms. The standard InChI is InChI=1S/C23H24ClN3O5S/c1-27(2)33(30,31)21-12-15(8-9-18(21)24)25-22(28)13-32-23(29)14-7-10-20-17(11-14)16-5-3-4-6-19(16)26-20/h7-12,26H,3-6,13H2,1-2H3,(H,25,28). The highest BCUT2D eigenvalue weighted by molar-refractivity contribution is 7.89. The number of carbonyl (C=O) groups is 2. The fourth-order valence-electron chi connectivity index (χ4n) is 3.92. The van der Waals surface area contributed by atoms with E-state index in [-0.39, 0.29) is 15.6 Å². The molecule has 174 valence electrons. The first kappa shape index (κ1) is 23.3. The summed E-state index contributed by atoms with van der Waals surface area (Å²) in [4.78, 5) is 28.1. The molecule has 0 aliphatic heterocycles. The second kappa shape index (κ2) is 9.17. The summed E-state index contributed by atoms with van der Waals surface area (Å²) in [6.07, 6.45) is 4.26. The van der Waals surface area contributed by atoms with E-state index in [0.717, 1.165) is 40.9 Å². The molecule has 3 aromatic rings. The van der Waals surface area contributed by atoms with Gasteiger partial charge in [0.1, 0.15) is 4.90 Å². The van der Waals surface area contributed by atoms with Crippen molar-refractivity contribution in [2.24, 2.45) is 0 Å². The molecule has 0 fully saturated rings. The summed E-state index contributed by atoms with van der Waals surface area (Å²) in [6, 6.07) is 9.44. The number of amides is 1. The molecule has 0 saturated heterocycles. The number of nitrogens with one attached hydrogen (secondary N) is 2. The molecular formula is C23H24ClN3O5S. The van der Waals surface area contributed by atoms with Crippen molar-refractivity contribution >= 4 is 50.1 Å². The first-order chi connectivity index (χ1) is 15.7. The number of aromatic amines is 1. The van der Waals surface area contributed by atoms with Crippen LogP contribution in [0.3, 0.4) is 0 Å². The topological polar surface area (TPSA) is 109 Å². The Labute approximate surface area is 196 Å². The van der Waals surface area contributed by atoms with Crippen molar-refractivity contribution in [1.82, 2.24) is 9.29 Å². The summed E-state index contributed by atoms with van der Waals surface area (Å²) in [6.45, 7) is -0.513. The van der Waals surface area contributed by atoms with Crippen LogP contribution in [0.4, 0.5) is 5.69 Å². The molecular weight excluding hydrogens is 466 g/mol. The summed E-state index contributed by atoms with van der Waals surface area (Å²) in [5.74, 6) is -1.20. The van der Waals surface area contributed by atoms with Crippen LogP contribution in [-0.4, -0.2) is 50.3 Å². The third-order valence-electron chi connectivity index (χ3n) is 5.64. The quantitative estimate of drug-likeness (QED) is 0.513. The lowest BCUT2D eigenvalue weighted by molar-refractivity contribution is -0.119. The number of rotatable bonds is 6. The maximum atomic E-state index is 12.5. The van der Waals surface area contributed by atoms with Gasteiger partial charge in [-0.3, -0.25) is 4.79 Å². The van der Waals surface area contributed by atoms with Gasteiger partial charge in [0.25, 0.3) is 5.91 Å². The van der Waals surface area contributed by atoms with E-state index in [1.807, 2.05) is 6.07 Å². The number of nitrogens with zero attached hydrogens (tertiary/aromatic N) is 1. The normalized spacial score (nSPS) is 13.7. The number of fused-ring (bicyclic) bond motifs is 3. The predicted octanol–water partition coefficient (Wildman–Crippen LogP) is 3.75. The van der Waals surface area contributed by atoms with Crippen LogP contribution in [0.5, 0.6) is 0 Å². The molecule has 1 aliphatic rings. The van der Waals surface area contributed by atoms with Crippen molar-refractivity contribution in [3.63, 3.8) is 0 Å². The number of aryl methyl sites for hydroxylation is 2. The van der Waals surface area contributed by atoms with Crippen molar-refractivity contribution in [1.29, 1.82) is 0 Å². The second-order valence-electron chi connectivity index (χ2n) is 8.11. The van der Waals surface area contributed by atoms with Gasteiger partial charge in [0, 0.05) is 36.4 Å². The second-order valence-corrected chi connectivity index (χ2v) is 10.6. The maximum Gasteiger partial charge on any atom is 0.338 e. The SMILES string of the molecule is CN(C)S(=O)(=O)c1cc(NC(=O)COC(=O)c2ccc3[nH]c4c(c3c2)CCCC4)ccc1Cl. The summed E-state index contributed by atoms with van der Waals surface area (Å²) in [5.41, 5.74) is 4.05. The zero-order valence-electron chi connectivity index (χ0n) is 18.3. The number of H-pyrrole nitrogens is 1. The van der Waals surface area contributed by atoms with Gasteiger partial charge >= 0.3 is 5.97 Å². The Morgan fingerprint density at radius 3 is 2.64 bits per heavy atom. The van der Waals surface area contributed by atoms with Gasteiger partial charge in [0.15, 0.2) is 6.61 Å². The van der Waals surface area contributed by atoms with Crippen molar-refractivity contribution in [2.45, 2.75) is 30.6 Å². The fourth-order valence-corrected chi connectivity index (χ4v) is 5.31. The highest BCUT2D eigenvalue weighted by atomic mass is 35.5. The van der Waals surface area contributed by atoms with E-state index < -0.39 is 28.5 Å². The molecule has 1 heterocycles. The van der Waals surface area contributed by atoms with Gasteiger partial charge < -0.3 is 15.0 Å². The van der Waals surface area contributed by atoms with Crippen LogP contribution in [0.1, 0.15) is 34.5 Å². The van der Waals surface area contributed by atoms with Crippen LogP contribution < -0.4 is 5.32 Å². The molecule has 4 rings (SSSR count). The van der Waals surface area contributed by atoms with Gasteiger partial charge in [-0.15, -0.1) is 0 Å². The Balaban J connectivity index is 1.43. The lowest BCUT2D eigenvalue weighted by atomic mass is 9.95. The largest absolute Gasteiger partial charge is 0.452 e. The molecule has 1 aliphatic carbocycles. The lowest BCUT2D eigenvalue weighted by Crippen LogP contribution is -2.23. The zero-order valence-corrected chi connectivity index (χ0v) is 19.8. The van der Waals surface area contributed by atoms with Crippen LogP contribution in [0.15, 0.2) is 41.3 Å². The van der Waals surface area contributed by atoms with E-state index in [4.69, 9.17) is 16.3 Å². The van der Waals surface area contributed by atoms with E-state index in [1.54, 1.807) is 12.1 Å². The summed E-state index contributed by atoms with van der Waals surface area (Å²) in [5, 5.41) is 3.58. The minimum atomic E-state index is -3.79. The number of aromatic nitrogens is 1. The van der Waals surface area contributed by atoms with Crippen LogP contribution in [-0.2, 0) is 32.4 Å². The van der Waals surface area contributed by atoms with Gasteiger partial charge in [0.2, 0.25) is 10.0 Å². The number of sulfonamides is 1. The number of benzene rings is 2.